The van der Waals surface area contributed by atoms with Gasteiger partial charge in [-0.2, -0.15) is 0 Å². The van der Waals surface area contributed by atoms with E-state index >= 15 is 0 Å². The predicted molar refractivity (Wildman–Crippen MR) is 206 cm³/mol. The molecule has 1 heterocycles. The minimum atomic E-state index is -0.945. The van der Waals surface area contributed by atoms with Gasteiger partial charge in [-0.3, -0.25) is 9.59 Å². The van der Waals surface area contributed by atoms with Crippen molar-refractivity contribution in [3.05, 3.63) is 108 Å². The zero-order valence-electron chi connectivity index (χ0n) is 31.0. The first-order valence-electron chi connectivity index (χ1n) is 19.6. The molecule has 3 aliphatic rings. The molecule has 3 atom stereocenters. The van der Waals surface area contributed by atoms with E-state index in [-0.39, 0.29) is 56.9 Å². The minimum Gasteiger partial charge on any atom is -0.462 e. The second-order valence-electron chi connectivity index (χ2n) is 14.8. The highest BCUT2D eigenvalue weighted by Crippen LogP contribution is 2.44. The van der Waals surface area contributed by atoms with Crippen molar-refractivity contribution in [3.8, 4) is 11.1 Å². The Hall–Kier alpha value is -4.96. The molecular weight excluding hydrogens is 682 g/mol. The number of hydrogen-bond acceptors (Lipinski definition) is 7. The molecule has 286 valence electrons. The summed E-state index contributed by atoms with van der Waals surface area (Å²) in [6.45, 7) is 0.398. The second kappa shape index (κ2) is 19.4. The molecule has 0 radical (unpaired) electrons. The van der Waals surface area contributed by atoms with Crippen LogP contribution >= 0.6 is 0 Å². The summed E-state index contributed by atoms with van der Waals surface area (Å²) in [5.41, 5.74) is 5.39. The van der Waals surface area contributed by atoms with E-state index in [1.54, 1.807) is 4.90 Å². The Morgan fingerprint density at radius 3 is 2.26 bits per heavy atom. The minimum absolute atomic E-state index is 0.0229. The molecule has 3 aromatic rings. The zero-order valence-corrected chi connectivity index (χ0v) is 31.0. The Balaban J connectivity index is 1.12. The summed E-state index contributed by atoms with van der Waals surface area (Å²) in [5.74, 6) is -1.43. The lowest BCUT2D eigenvalue weighted by Crippen LogP contribution is -2.46. The second-order valence-corrected chi connectivity index (χ2v) is 14.8. The van der Waals surface area contributed by atoms with Crippen LogP contribution in [-0.2, 0) is 30.4 Å². The van der Waals surface area contributed by atoms with E-state index in [0.29, 0.717) is 31.7 Å². The normalized spacial score (nSPS) is 20.9. The van der Waals surface area contributed by atoms with Crippen LogP contribution in [0.5, 0.6) is 0 Å². The smallest absolute Gasteiger partial charge is 0.407 e. The van der Waals surface area contributed by atoms with Crippen molar-refractivity contribution in [2.75, 3.05) is 26.4 Å². The highest BCUT2D eigenvalue weighted by molar-refractivity contribution is 5.86. The SMILES string of the molecule is O=C(NC1CCC=CCC(CC(=O)N(CCO)Cc2ccccc2)C(=O)NC(CC2CCCCC2)COC1=O)OCC1c2ccccc2-c2ccccc21. The number of hydrogen-bond donors (Lipinski definition) is 3. The first-order valence-corrected chi connectivity index (χ1v) is 19.6. The molecule has 0 spiro atoms. The molecule has 0 bridgehead atoms. The fourth-order valence-corrected chi connectivity index (χ4v) is 8.11. The van der Waals surface area contributed by atoms with Gasteiger partial charge in [0.1, 0.15) is 19.3 Å². The average molecular weight is 736 g/mol. The fraction of sp³-hybridized carbons (Fsp3) is 0.455. The Bertz CT molecular complexity index is 1710. The number of ether oxygens (including phenoxy) is 2. The molecule has 3 aromatic carbocycles. The largest absolute Gasteiger partial charge is 0.462 e. The van der Waals surface area contributed by atoms with E-state index in [1.807, 2.05) is 66.7 Å². The van der Waals surface area contributed by atoms with Crippen LogP contribution in [0, 0.1) is 11.8 Å². The fourth-order valence-electron chi connectivity index (χ4n) is 8.11. The summed E-state index contributed by atoms with van der Waals surface area (Å²) in [5, 5.41) is 15.6. The van der Waals surface area contributed by atoms with Gasteiger partial charge in [0.05, 0.1) is 18.6 Å². The number of carbonyl (C=O) groups is 4. The maximum Gasteiger partial charge on any atom is 0.407 e. The average Bonchev–Trinajstić information content (AvgIpc) is 3.51. The molecule has 3 N–H and O–H groups in total. The number of aliphatic hydroxyl groups is 1. The molecule has 6 rings (SSSR count). The van der Waals surface area contributed by atoms with Gasteiger partial charge in [-0.05, 0) is 59.4 Å². The molecule has 1 saturated carbocycles. The van der Waals surface area contributed by atoms with E-state index in [1.165, 1.54) is 6.42 Å². The van der Waals surface area contributed by atoms with Gasteiger partial charge in [-0.1, -0.05) is 123 Å². The predicted octanol–water partition coefficient (Wildman–Crippen LogP) is 6.66. The van der Waals surface area contributed by atoms with Gasteiger partial charge in [-0.25, -0.2) is 9.59 Å². The van der Waals surface area contributed by atoms with Crippen LogP contribution in [0.2, 0.25) is 0 Å². The Morgan fingerprint density at radius 2 is 1.56 bits per heavy atom. The molecule has 0 aromatic heterocycles. The molecule has 54 heavy (non-hydrogen) atoms. The van der Waals surface area contributed by atoms with E-state index in [9.17, 15) is 24.3 Å². The lowest BCUT2D eigenvalue weighted by Gasteiger charge is -2.29. The molecule has 1 aliphatic heterocycles. The molecule has 3 amide bonds. The van der Waals surface area contributed by atoms with E-state index < -0.39 is 30.1 Å². The van der Waals surface area contributed by atoms with E-state index in [4.69, 9.17) is 9.47 Å². The summed E-state index contributed by atoms with van der Waals surface area (Å²) >= 11 is 0. The first-order chi connectivity index (χ1) is 26.4. The van der Waals surface area contributed by atoms with Crippen LogP contribution in [0.3, 0.4) is 0 Å². The number of amides is 3. The third kappa shape index (κ3) is 10.4. The standard InChI is InChI=1S/C44H53N3O7/c48-25-24-47(28-32-16-6-2-7-17-32)41(49)27-33-18-8-3-9-23-40(43(51)53-29-34(45-42(33)50)26-31-14-4-1-5-15-31)46-44(52)54-30-39-37-21-12-10-19-35(37)36-20-11-13-22-38(36)39/h2-3,6-8,10-13,16-17,19-22,31,33-34,39-40,48H,1,4-5,9,14-15,18,23-30H2,(H,45,50)(H,46,52). The number of fused-ring (bicyclic) bond motifs is 3. The highest BCUT2D eigenvalue weighted by atomic mass is 16.6. The van der Waals surface area contributed by atoms with Gasteiger partial charge < -0.3 is 30.1 Å². The maximum absolute atomic E-state index is 13.9. The van der Waals surface area contributed by atoms with Gasteiger partial charge in [0, 0.05) is 25.4 Å². The van der Waals surface area contributed by atoms with Gasteiger partial charge in [-0.15, -0.1) is 0 Å². The number of alkyl carbamates (subject to hydrolysis) is 1. The molecule has 1 fully saturated rings. The number of rotatable bonds is 11. The monoisotopic (exact) mass is 735 g/mol. The molecule has 3 unspecified atom stereocenters. The van der Waals surface area contributed by atoms with Crippen LogP contribution in [0.15, 0.2) is 91.0 Å². The van der Waals surface area contributed by atoms with Crippen LogP contribution in [0.4, 0.5) is 4.79 Å². The highest BCUT2D eigenvalue weighted by Gasteiger charge is 2.32. The van der Waals surface area contributed by atoms with Crippen molar-refractivity contribution in [1.82, 2.24) is 15.5 Å². The van der Waals surface area contributed by atoms with Gasteiger partial charge >= 0.3 is 12.1 Å². The summed E-state index contributed by atoms with van der Waals surface area (Å²) in [6, 6.07) is 24.4. The number of esters is 1. The van der Waals surface area contributed by atoms with Crippen LogP contribution in [0.25, 0.3) is 11.1 Å². The van der Waals surface area contributed by atoms with Gasteiger partial charge in [0.25, 0.3) is 0 Å². The first kappa shape index (κ1) is 38.8. The number of nitrogens with zero attached hydrogens (tertiary/aromatic N) is 1. The number of allylic oxidation sites excluding steroid dienone is 2. The summed E-state index contributed by atoms with van der Waals surface area (Å²) in [6.07, 6.45) is 10.3. The van der Waals surface area contributed by atoms with Gasteiger partial charge in [0.15, 0.2) is 0 Å². The Labute approximate surface area is 318 Å². The zero-order chi connectivity index (χ0) is 37.7. The quantitative estimate of drug-likeness (QED) is 0.148. The van der Waals surface area contributed by atoms with Crippen molar-refractivity contribution >= 4 is 23.9 Å². The van der Waals surface area contributed by atoms with Crippen molar-refractivity contribution in [1.29, 1.82) is 0 Å². The number of aliphatic hydroxyl groups excluding tert-OH is 1. The molecular formula is C44H53N3O7. The van der Waals surface area contributed by atoms with Crippen molar-refractivity contribution in [3.63, 3.8) is 0 Å². The van der Waals surface area contributed by atoms with Crippen LogP contribution in [0.1, 0.15) is 86.8 Å². The third-order valence-corrected chi connectivity index (χ3v) is 11.0. The number of benzene rings is 3. The number of cyclic esters (lactones) is 1. The van der Waals surface area contributed by atoms with Crippen molar-refractivity contribution in [2.45, 2.75) is 88.8 Å². The van der Waals surface area contributed by atoms with Gasteiger partial charge in [0.2, 0.25) is 11.8 Å². The molecule has 0 saturated heterocycles. The number of nitrogens with one attached hydrogen (secondary N) is 2. The summed E-state index contributed by atoms with van der Waals surface area (Å²) < 4.78 is 11.6. The lowest BCUT2D eigenvalue weighted by molar-refractivity contribution is -0.148. The van der Waals surface area contributed by atoms with E-state index in [2.05, 4.69) is 34.9 Å². The van der Waals surface area contributed by atoms with Crippen molar-refractivity contribution in [2.24, 2.45) is 11.8 Å². The Kier molecular flexibility index (Phi) is 13.9. The number of carbonyl (C=O) groups excluding carboxylic acids is 4. The van der Waals surface area contributed by atoms with Crippen molar-refractivity contribution < 1.29 is 33.8 Å². The van der Waals surface area contributed by atoms with Crippen LogP contribution < -0.4 is 10.6 Å². The van der Waals surface area contributed by atoms with E-state index in [0.717, 1.165) is 53.5 Å². The lowest BCUT2D eigenvalue weighted by atomic mass is 9.84. The molecule has 10 nitrogen and oxygen atoms in total. The topological polar surface area (TPSA) is 134 Å². The molecule has 2 aliphatic carbocycles. The third-order valence-electron chi connectivity index (χ3n) is 11.0. The summed E-state index contributed by atoms with van der Waals surface area (Å²) in [4.78, 5) is 55.9. The van der Waals surface area contributed by atoms with Crippen LogP contribution in [-0.4, -0.2) is 72.3 Å². The maximum atomic E-state index is 13.9. The summed E-state index contributed by atoms with van der Waals surface area (Å²) in [7, 11) is 0. The molecule has 10 heteroatoms. The Morgan fingerprint density at radius 1 is 0.870 bits per heavy atom.